The number of allylic oxidation sites excluding steroid dienone is 10. The summed E-state index contributed by atoms with van der Waals surface area (Å²) in [5.74, 6) is -2.27. The summed E-state index contributed by atoms with van der Waals surface area (Å²) in [6.07, 6.45) is 80.2. The Morgan fingerprint density at radius 2 is 0.695 bits per heavy atom. The zero-order valence-corrected chi connectivity index (χ0v) is 54.6. The van der Waals surface area contributed by atoms with Gasteiger partial charge in [0.05, 0.1) is 40.3 Å². The Morgan fingerprint density at radius 3 is 1.04 bits per heavy atom. The molecule has 478 valence electrons. The van der Waals surface area contributed by atoms with Crippen molar-refractivity contribution >= 4 is 17.9 Å². The predicted molar refractivity (Wildman–Crippen MR) is 348 cm³/mol. The Morgan fingerprint density at radius 1 is 0.378 bits per heavy atom. The number of aliphatic carboxylic acids is 1. The maximum atomic E-state index is 12.9. The highest BCUT2D eigenvalue weighted by Gasteiger charge is 2.22. The number of quaternary nitrogens is 1. The molecule has 0 aliphatic carbocycles. The molecule has 0 aromatic heterocycles. The smallest absolute Gasteiger partial charge is 0.306 e. The Hall–Kier alpha value is -3.01. The molecule has 0 amide bonds. The molecule has 9 nitrogen and oxygen atoms in total. The van der Waals surface area contributed by atoms with E-state index in [0.717, 1.165) is 77.0 Å². The van der Waals surface area contributed by atoms with Crippen molar-refractivity contribution in [2.45, 2.75) is 341 Å². The van der Waals surface area contributed by atoms with E-state index in [1.807, 2.05) is 21.1 Å². The number of carbonyl (C=O) groups is 3. The van der Waals surface area contributed by atoms with Crippen LogP contribution in [-0.4, -0.2) is 82.3 Å². The lowest BCUT2D eigenvalue weighted by Crippen LogP contribution is -2.44. The van der Waals surface area contributed by atoms with Crippen LogP contribution in [0.4, 0.5) is 0 Å². The average molecular weight is 1150 g/mol. The van der Waals surface area contributed by atoms with Crippen molar-refractivity contribution < 1.29 is 42.9 Å². The van der Waals surface area contributed by atoms with Gasteiger partial charge < -0.3 is 33.3 Å². The van der Waals surface area contributed by atoms with Crippen LogP contribution in [0.1, 0.15) is 328 Å². The molecule has 0 aromatic carbocycles. The van der Waals surface area contributed by atoms with Gasteiger partial charge in [-0.2, -0.15) is 0 Å². The third kappa shape index (κ3) is 64.5. The molecule has 0 radical (unpaired) electrons. The van der Waals surface area contributed by atoms with Gasteiger partial charge in [0.15, 0.2) is 12.4 Å². The molecule has 0 aliphatic heterocycles. The van der Waals surface area contributed by atoms with Crippen molar-refractivity contribution in [3.8, 4) is 0 Å². The summed E-state index contributed by atoms with van der Waals surface area (Å²) in [4.78, 5) is 37.5. The number of ether oxygens (including phenoxy) is 4. The Labute approximate surface area is 507 Å². The number of hydrogen-bond donors (Lipinski definition) is 0. The quantitative estimate of drug-likeness (QED) is 0.0195. The molecule has 2 unspecified atom stereocenters. The van der Waals surface area contributed by atoms with Crippen LogP contribution in [-0.2, 0) is 33.3 Å². The van der Waals surface area contributed by atoms with Crippen LogP contribution in [0, 0.1) is 0 Å². The van der Waals surface area contributed by atoms with Crippen molar-refractivity contribution in [2.24, 2.45) is 0 Å². The van der Waals surface area contributed by atoms with Crippen molar-refractivity contribution in [3.63, 3.8) is 0 Å². The number of carboxylic acid groups (broad SMARTS) is 1. The first-order valence-corrected chi connectivity index (χ1v) is 34.9. The number of unbranched alkanes of at least 4 members (excludes halogenated alkanes) is 40. The van der Waals surface area contributed by atoms with E-state index in [1.165, 1.54) is 218 Å². The number of likely N-dealkylation sites (N-methyl/N-ethyl adjacent to an activating group) is 1. The molecule has 0 bridgehead atoms. The van der Waals surface area contributed by atoms with Gasteiger partial charge in [0.25, 0.3) is 0 Å². The number of hydrogen-bond acceptors (Lipinski definition) is 8. The normalized spacial score (nSPS) is 13.0. The lowest BCUT2D eigenvalue weighted by Gasteiger charge is -2.26. The van der Waals surface area contributed by atoms with Gasteiger partial charge in [-0.1, -0.05) is 319 Å². The van der Waals surface area contributed by atoms with E-state index >= 15 is 0 Å². The molecule has 9 heteroatoms. The first-order chi connectivity index (χ1) is 40.1. The highest BCUT2D eigenvalue weighted by molar-refractivity contribution is 5.70. The third-order valence-corrected chi connectivity index (χ3v) is 15.5. The monoisotopic (exact) mass is 1150 g/mol. The molecular formula is C73H133NO8. The third-order valence-electron chi connectivity index (χ3n) is 15.5. The molecule has 0 saturated heterocycles. The Kier molecular flexibility index (Phi) is 61.6. The Balaban J connectivity index is 4.08. The van der Waals surface area contributed by atoms with Gasteiger partial charge in [-0.25, -0.2) is 0 Å². The summed E-state index contributed by atoms with van der Waals surface area (Å²) in [5.41, 5.74) is 0. The van der Waals surface area contributed by atoms with Crippen molar-refractivity contribution in [2.75, 3.05) is 47.5 Å². The zero-order chi connectivity index (χ0) is 59.8. The van der Waals surface area contributed by atoms with E-state index in [1.54, 1.807) is 0 Å². The largest absolute Gasteiger partial charge is 0.545 e. The highest BCUT2D eigenvalue weighted by Crippen LogP contribution is 2.18. The van der Waals surface area contributed by atoms with Crippen LogP contribution in [0.25, 0.3) is 0 Å². The van der Waals surface area contributed by atoms with Crippen LogP contribution in [0.15, 0.2) is 60.8 Å². The van der Waals surface area contributed by atoms with Gasteiger partial charge in [0, 0.05) is 12.8 Å². The number of carbonyl (C=O) groups excluding carboxylic acids is 3. The summed E-state index contributed by atoms with van der Waals surface area (Å²) in [5, 5.41) is 11.8. The predicted octanol–water partition coefficient (Wildman–Crippen LogP) is 20.2. The fourth-order valence-corrected chi connectivity index (χ4v) is 10.2. The maximum absolute atomic E-state index is 12.9. The van der Waals surface area contributed by atoms with Crippen LogP contribution < -0.4 is 5.11 Å². The van der Waals surface area contributed by atoms with E-state index < -0.39 is 24.3 Å². The molecule has 0 aromatic rings. The number of esters is 2. The van der Waals surface area contributed by atoms with Crippen LogP contribution in [0.2, 0.25) is 0 Å². The SMILES string of the molecule is CC/C=C\C/C=C\C/C=C\C/C=C\C/C=C\CCCCCCCCCCCC(=O)OC(COC(=O)CCCCCCCCCCCCCCCCCCCCCCCCCCCCCCCCCC)COC(OCC[N+](C)(C)C)C(=O)[O-]. The fourth-order valence-electron chi connectivity index (χ4n) is 10.2. The Bertz CT molecular complexity index is 1530. The lowest BCUT2D eigenvalue weighted by atomic mass is 10.0. The van der Waals surface area contributed by atoms with Crippen LogP contribution >= 0.6 is 0 Å². The molecule has 0 aliphatic rings. The average Bonchev–Trinajstić information content (AvgIpc) is 3.45. The molecule has 0 rings (SSSR count). The second-order valence-electron chi connectivity index (χ2n) is 24.8. The maximum Gasteiger partial charge on any atom is 0.306 e. The molecule has 82 heavy (non-hydrogen) atoms. The summed E-state index contributed by atoms with van der Waals surface area (Å²) in [6.45, 7) is 4.68. The molecule has 0 fully saturated rings. The molecule has 2 atom stereocenters. The minimum atomic E-state index is -1.62. The number of nitrogens with zero attached hydrogens (tertiary/aromatic N) is 1. The summed E-state index contributed by atoms with van der Waals surface area (Å²) >= 11 is 0. The van der Waals surface area contributed by atoms with E-state index in [4.69, 9.17) is 18.9 Å². The van der Waals surface area contributed by atoms with E-state index in [0.29, 0.717) is 23.9 Å². The second kappa shape index (κ2) is 64.0. The topological polar surface area (TPSA) is 111 Å². The molecule has 0 spiro atoms. The first-order valence-electron chi connectivity index (χ1n) is 34.9. The zero-order valence-electron chi connectivity index (χ0n) is 54.6. The summed E-state index contributed by atoms with van der Waals surface area (Å²) in [7, 11) is 5.93. The second-order valence-corrected chi connectivity index (χ2v) is 24.8. The minimum Gasteiger partial charge on any atom is -0.545 e. The minimum absolute atomic E-state index is 0.146. The van der Waals surface area contributed by atoms with E-state index in [2.05, 4.69) is 74.6 Å². The van der Waals surface area contributed by atoms with Crippen LogP contribution in [0.5, 0.6) is 0 Å². The van der Waals surface area contributed by atoms with E-state index in [9.17, 15) is 19.5 Å². The van der Waals surface area contributed by atoms with Crippen molar-refractivity contribution in [1.82, 2.24) is 0 Å². The van der Waals surface area contributed by atoms with Gasteiger partial charge in [-0.05, 0) is 57.8 Å². The highest BCUT2D eigenvalue weighted by atomic mass is 16.7. The summed E-state index contributed by atoms with van der Waals surface area (Å²) < 4.78 is 22.8. The molecule has 0 heterocycles. The van der Waals surface area contributed by atoms with E-state index in [-0.39, 0.29) is 32.2 Å². The van der Waals surface area contributed by atoms with Gasteiger partial charge >= 0.3 is 11.9 Å². The molecule has 0 N–H and O–H groups in total. The molecular weight excluding hydrogens is 1020 g/mol. The summed E-state index contributed by atoms with van der Waals surface area (Å²) in [6, 6.07) is 0. The number of rotatable bonds is 65. The number of carboxylic acids is 1. The van der Waals surface area contributed by atoms with Crippen molar-refractivity contribution in [3.05, 3.63) is 60.8 Å². The van der Waals surface area contributed by atoms with Gasteiger partial charge in [-0.3, -0.25) is 9.59 Å². The fraction of sp³-hybridized carbons (Fsp3) is 0.822. The van der Waals surface area contributed by atoms with Crippen molar-refractivity contribution in [1.29, 1.82) is 0 Å². The van der Waals surface area contributed by atoms with Gasteiger partial charge in [-0.15, -0.1) is 0 Å². The first kappa shape index (κ1) is 79.0. The molecule has 0 saturated carbocycles. The standard InChI is InChI=1S/C73H133NO8/c1-6-8-10-12-14-16-18-20-22-24-26-28-30-32-33-34-35-36-37-38-40-41-43-45-47-49-51-53-55-57-59-61-63-70(75)80-67-69(68-81-73(72(77)78)79-66-65-74(3,4)5)82-71(76)64-62-60-58-56-54-52-50-48-46-44-42-39-31-29-27-25-23-21-19-17-15-13-11-9-7-2/h9,11,15,17,21,23,27,29,39,42,69,73H,6-8,10,12-14,16,18-20,22,24-26,28,30-38,40-41,43-68H2,1-5H3/b11-9-,17-15-,23-21-,29-27-,42-39-. The lowest BCUT2D eigenvalue weighted by molar-refractivity contribution is -0.870. The van der Waals surface area contributed by atoms with Gasteiger partial charge in [0.1, 0.15) is 13.2 Å². The van der Waals surface area contributed by atoms with Gasteiger partial charge in [0.2, 0.25) is 0 Å². The van der Waals surface area contributed by atoms with Crippen LogP contribution in [0.3, 0.4) is 0 Å².